The van der Waals surface area contributed by atoms with Gasteiger partial charge in [0.25, 0.3) is 0 Å². The summed E-state index contributed by atoms with van der Waals surface area (Å²) in [4.78, 5) is 8.66. The molecule has 1 aromatic heterocycles. The van der Waals surface area contributed by atoms with Crippen molar-refractivity contribution in [2.24, 2.45) is 0 Å². The quantitative estimate of drug-likeness (QED) is 0.845. The van der Waals surface area contributed by atoms with E-state index in [0.717, 1.165) is 18.1 Å². The van der Waals surface area contributed by atoms with Crippen LogP contribution in [0.4, 0.5) is 11.8 Å². The maximum Gasteiger partial charge on any atom is 0.224 e. The summed E-state index contributed by atoms with van der Waals surface area (Å²) >= 11 is 0. The van der Waals surface area contributed by atoms with Gasteiger partial charge in [0.2, 0.25) is 5.95 Å². The Bertz CT molecular complexity index is 566. The Labute approximate surface area is 118 Å². The van der Waals surface area contributed by atoms with Gasteiger partial charge in [-0.2, -0.15) is 4.98 Å². The molecule has 0 amide bonds. The maximum atomic E-state index is 5.14. The summed E-state index contributed by atoms with van der Waals surface area (Å²) in [5.74, 6) is 2.40. The molecule has 1 saturated carbocycles. The molecule has 2 N–H and O–H groups in total. The lowest BCUT2D eigenvalue weighted by Gasteiger charge is -2.08. The molecule has 0 spiro atoms. The third-order valence-corrected chi connectivity index (χ3v) is 3.20. The number of rotatable bonds is 6. The number of methoxy groups -OCH3 is 1. The first-order chi connectivity index (χ1) is 9.83. The second kappa shape index (κ2) is 5.77. The molecule has 104 valence electrons. The van der Waals surface area contributed by atoms with Crippen LogP contribution in [0.15, 0.2) is 36.5 Å². The van der Waals surface area contributed by atoms with Crippen LogP contribution >= 0.6 is 0 Å². The van der Waals surface area contributed by atoms with Gasteiger partial charge in [-0.25, -0.2) is 4.98 Å². The summed E-state index contributed by atoms with van der Waals surface area (Å²) in [6, 6.07) is 10.4. The van der Waals surface area contributed by atoms with Gasteiger partial charge in [-0.15, -0.1) is 0 Å². The molecule has 5 heteroatoms. The molecule has 0 bridgehead atoms. The van der Waals surface area contributed by atoms with E-state index in [1.165, 1.54) is 18.4 Å². The van der Waals surface area contributed by atoms with Crippen molar-refractivity contribution in [1.82, 2.24) is 9.97 Å². The van der Waals surface area contributed by atoms with Crippen LogP contribution < -0.4 is 15.4 Å². The topological polar surface area (TPSA) is 59.1 Å². The lowest BCUT2D eigenvalue weighted by atomic mass is 10.2. The van der Waals surface area contributed by atoms with Gasteiger partial charge >= 0.3 is 0 Å². The molecule has 0 aliphatic heterocycles. The van der Waals surface area contributed by atoms with Crippen molar-refractivity contribution in [2.75, 3.05) is 17.7 Å². The molecule has 0 saturated heterocycles. The predicted molar refractivity (Wildman–Crippen MR) is 79.0 cm³/mol. The standard InChI is InChI=1S/C15H18N4O/c1-20-13-6-2-11(3-7-13)10-17-14-8-9-16-15(19-14)18-12-4-5-12/h2-3,6-9,12H,4-5,10H2,1H3,(H2,16,17,18,19). The Morgan fingerprint density at radius 3 is 2.70 bits per heavy atom. The number of hydrogen-bond donors (Lipinski definition) is 2. The molecule has 1 heterocycles. The fourth-order valence-electron chi connectivity index (χ4n) is 1.87. The lowest BCUT2D eigenvalue weighted by molar-refractivity contribution is 0.414. The largest absolute Gasteiger partial charge is 0.497 e. The minimum atomic E-state index is 0.562. The molecule has 0 radical (unpaired) electrons. The van der Waals surface area contributed by atoms with Crippen molar-refractivity contribution >= 4 is 11.8 Å². The fraction of sp³-hybridized carbons (Fsp3) is 0.333. The average Bonchev–Trinajstić information content (AvgIpc) is 3.30. The zero-order chi connectivity index (χ0) is 13.8. The number of hydrogen-bond acceptors (Lipinski definition) is 5. The number of ether oxygens (including phenoxy) is 1. The number of benzene rings is 1. The van der Waals surface area contributed by atoms with E-state index in [1.54, 1.807) is 13.3 Å². The zero-order valence-corrected chi connectivity index (χ0v) is 11.5. The van der Waals surface area contributed by atoms with Gasteiger partial charge in [-0.3, -0.25) is 0 Å². The van der Waals surface area contributed by atoms with E-state index in [2.05, 4.69) is 20.6 Å². The molecule has 5 nitrogen and oxygen atoms in total. The first kappa shape index (κ1) is 12.7. The highest BCUT2D eigenvalue weighted by atomic mass is 16.5. The van der Waals surface area contributed by atoms with Gasteiger partial charge in [-0.05, 0) is 36.6 Å². The second-order valence-electron chi connectivity index (χ2n) is 4.89. The Hall–Kier alpha value is -2.30. The van der Waals surface area contributed by atoms with E-state index >= 15 is 0 Å². The van der Waals surface area contributed by atoms with Crippen molar-refractivity contribution < 1.29 is 4.74 Å². The Balaban J connectivity index is 1.58. The molecule has 20 heavy (non-hydrogen) atoms. The molecule has 1 fully saturated rings. The zero-order valence-electron chi connectivity index (χ0n) is 11.5. The summed E-state index contributed by atoms with van der Waals surface area (Å²) in [5, 5.41) is 6.59. The molecule has 1 aromatic carbocycles. The monoisotopic (exact) mass is 270 g/mol. The summed E-state index contributed by atoms with van der Waals surface area (Å²) in [5.41, 5.74) is 1.18. The van der Waals surface area contributed by atoms with Gasteiger partial charge in [0.05, 0.1) is 7.11 Å². The van der Waals surface area contributed by atoms with Crippen molar-refractivity contribution in [3.8, 4) is 5.75 Å². The van der Waals surface area contributed by atoms with E-state index in [1.807, 2.05) is 30.3 Å². The van der Waals surface area contributed by atoms with Crippen molar-refractivity contribution in [3.63, 3.8) is 0 Å². The third-order valence-electron chi connectivity index (χ3n) is 3.20. The van der Waals surface area contributed by atoms with Crippen LogP contribution in [0.3, 0.4) is 0 Å². The van der Waals surface area contributed by atoms with Gasteiger partial charge in [0, 0.05) is 18.8 Å². The highest BCUT2D eigenvalue weighted by Gasteiger charge is 2.21. The van der Waals surface area contributed by atoms with E-state index in [4.69, 9.17) is 4.74 Å². The van der Waals surface area contributed by atoms with Crippen LogP contribution in [0.25, 0.3) is 0 Å². The van der Waals surface area contributed by atoms with Gasteiger partial charge < -0.3 is 15.4 Å². The van der Waals surface area contributed by atoms with Gasteiger partial charge in [0.1, 0.15) is 11.6 Å². The Morgan fingerprint density at radius 2 is 2.00 bits per heavy atom. The lowest BCUT2D eigenvalue weighted by Crippen LogP contribution is -2.07. The van der Waals surface area contributed by atoms with Crippen molar-refractivity contribution in [3.05, 3.63) is 42.1 Å². The minimum absolute atomic E-state index is 0.562. The predicted octanol–water partition coefficient (Wildman–Crippen LogP) is 2.67. The molecule has 0 unspecified atom stereocenters. The van der Waals surface area contributed by atoms with Crippen LogP contribution in [0.5, 0.6) is 5.75 Å². The van der Waals surface area contributed by atoms with Crippen LogP contribution in [-0.2, 0) is 6.54 Å². The molecule has 1 aliphatic carbocycles. The van der Waals surface area contributed by atoms with Gasteiger partial charge in [-0.1, -0.05) is 12.1 Å². The fourth-order valence-corrected chi connectivity index (χ4v) is 1.87. The van der Waals surface area contributed by atoms with Crippen molar-refractivity contribution in [1.29, 1.82) is 0 Å². The molecule has 0 atom stereocenters. The second-order valence-corrected chi connectivity index (χ2v) is 4.89. The molecule has 3 rings (SSSR count). The van der Waals surface area contributed by atoms with Gasteiger partial charge in [0.15, 0.2) is 0 Å². The number of aromatic nitrogens is 2. The molecule has 2 aromatic rings. The number of anilines is 2. The minimum Gasteiger partial charge on any atom is -0.497 e. The Kier molecular flexibility index (Phi) is 3.67. The van der Waals surface area contributed by atoms with E-state index < -0.39 is 0 Å². The SMILES string of the molecule is COc1ccc(CNc2ccnc(NC3CC3)n2)cc1. The summed E-state index contributed by atoms with van der Waals surface area (Å²) in [6.45, 7) is 0.726. The summed E-state index contributed by atoms with van der Waals surface area (Å²) in [6.07, 6.45) is 4.20. The number of nitrogens with one attached hydrogen (secondary N) is 2. The summed E-state index contributed by atoms with van der Waals surface area (Å²) in [7, 11) is 1.67. The summed E-state index contributed by atoms with van der Waals surface area (Å²) < 4.78 is 5.14. The first-order valence-corrected chi connectivity index (χ1v) is 6.80. The van der Waals surface area contributed by atoms with Crippen LogP contribution in [0.2, 0.25) is 0 Å². The average molecular weight is 270 g/mol. The third kappa shape index (κ3) is 3.38. The highest BCUT2D eigenvalue weighted by Crippen LogP contribution is 2.23. The number of nitrogens with zero attached hydrogens (tertiary/aromatic N) is 2. The van der Waals surface area contributed by atoms with Crippen LogP contribution in [-0.4, -0.2) is 23.1 Å². The first-order valence-electron chi connectivity index (χ1n) is 6.80. The molecular formula is C15H18N4O. The molecular weight excluding hydrogens is 252 g/mol. The highest BCUT2D eigenvalue weighted by molar-refractivity contribution is 5.41. The van der Waals surface area contributed by atoms with E-state index in [0.29, 0.717) is 12.0 Å². The van der Waals surface area contributed by atoms with Crippen LogP contribution in [0.1, 0.15) is 18.4 Å². The van der Waals surface area contributed by atoms with E-state index in [9.17, 15) is 0 Å². The normalized spacial score (nSPS) is 13.8. The Morgan fingerprint density at radius 1 is 1.20 bits per heavy atom. The van der Waals surface area contributed by atoms with Crippen LogP contribution in [0, 0.1) is 0 Å². The maximum absolute atomic E-state index is 5.14. The smallest absolute Gasteiger partial charge is 0.224 e. The van der Waals surface area contributed by atoms with E-state index in [-0.39, 0.29) is 0 Å². The molecule has 1 aliphatic rings. The van der Waals surface area contributed by atoms with Crippen molar-refractivity contribution in [2.45, 2.75) is 25.4 Å².